The third-order valence-corrected chi connectivity index (χ3v) is 6.50. The number of H-pyrrole nitrogens is 1. The van der Waals surface area contributed by atoms with Gasteiger partial charge in [0.15, 0.2) is 15.7 Å². The molecule has 1 aromatic heterocycles. The fourth-order valence-electron chi connectivity index (χ4n) is 3.27. The first-order valence-electron chi connectivity index (χ1n) is 8.87. The van der Waals surface area contributed by atoms with Crippen LogP contribution in [-0.2, 0) is 14.6 Å². The highest BCUT2D eigenvalue weighted by Gasteiger charge is 2.29. The summed E-state index contributed by atoms with van der Waals surface area (Å²) in [4.78, 5) is 19.0. The van der Waals surface area contributed by atoms with Crippen molar-refractivity contribution in [2.24, 2.45) is 0 Å². The number of aromatic amines is 1. The van der Waals surface area contributed by atoms with E-state index >= 15 is 0 Å². The number of rotatable bonds is 4. The number of carbonyl (C=O) groups excluding carboxylic acids is 1. The molecule has 2 saturated heterocycles. The van der Waals surface area contributed by atoms with E-state index in [0.29, 0.717) is 37.0 Å². The second-order valence-electron chi connectivity index (χ2n) is 6.74. The minimum atomic E-state index is -3.03. The van der Waals surface area contributed by atoms with E-state index in [1.54, 1.807) is 18.2 Å². The van der Waals surface area contributed by atoms with Gasteiger partial charge in [0.1, 0.15) is 0 Å². The number of sulfone groups is 1. The summed E-state index contributed by atoms with van der Waals surface area (Å²) in [6.07, 6.45) is 0.457. The topological polar surface area (TPSA) is 117 Å². The van der Waals surface area contributed by atoms with E-state index in [2.05, 4.69) is 20.5 Å². The van der Waals surface area contributed by atoms with E-state index in [9.17, 15) is 13.2 Å². The second-order valence-corrected chi connectivity index (χ2v) is 8.97. The van der Waals surface area contributed by atoms with Crippen molar-refractivity contribution in [3.8, 4) is 11.4 Å². The molecule has 10 heteroatoms. The molecule has 1 unspecified atom stereocenters. The average molecular weight is 391 g/mol. The third kappa shape index (κ3) is 4.11. The number of nitrogens with zero attached hydrogens (tertiary/aromatic N) is 3. The van der Waals surface area contributed by atoms with Gasteiger partial charge in [-0.3, -0.25) is 9.89 Å². The standard InChI is InChI=1S/C17H21N5O4S/c23-16(18-14-4-9-27(24,25)11-14)13-3-1-2-12(10-13)15-19-17(21-20-15)22-5-7-26-8-6-22/h1-3,10,14H,4-9,11H2,(H,18,23)(H,19,20,21). The van der Waals surface area contributed by atoms with Crippen LogP contribution in [0.1, 0.15) is 16.8 Å². The maximum atomic E-state index is 12.5. The van der Waals surface area contributed by atoms with Gasteiger partial charge in [0, 0.05) is 30.3 Å². The summed E-state index contributed by atoms with van der Waals surface area (Å²) in [6.45, 7) is 2.78. The van der Waals surface area contributed by atoms with Crippen molar-refractivity contribution in [1.82, 2.24) is 20.5 Å². The van der Waals surface area contributed by atoms with Gasteiger partial charge in [-0.1, -0.05) is 12.1 Å². The van der Waals surface area contributed by atoms with Crippen LogP contribution in [0.3, 0.4) is 0 Å². The normalized spacial score (nSPS) is 21.9. The Morgan fingerprint density at radius 1 is 1.30 bits per heavy atom. The molecule has 0 aliphatic carbocycles. The quantitative estimate of drug-likeness (QED) is 0.766. The zero-order valence-electron chi connectivity index (χ0n) is 14.7. The van der Waals surface area contributed by atoms with Crippen molar-refractivity contribution >= 4 is 21.7 Å². The minimum absolute atomic E-state index is 0.00342. The molecule has 2 aliphatic heterocycles. The first-order valence-corrected chi connectivity index (χ1v) is 10.7. The highest BCUT2D eigenvalue weighted by atomic mass is 32.2. The van der Waals surface area contributed by atoms with Crippen LogP contribution in [0.25, 0.3) is 11.4 Å². The average Bonchev–Trinajstić information content (AvgIpc) is 3.29. The van der Waals surface area contributed by atoms with Gasteiger partial charge in [-0.25, -0.2) is 8.42 Å². The number of carbonyl (C=O) groups is 1. The lowest BCUT2D eigenvalue weighted by atomic mass is 10.1. The van der Waals surface area contributed by atoms with Gasteiger partial charge in [-0.05, 0) is 18.6 Å². The van der Waals surface area contributed by atoms with Crippen LogP contribution in [0.2, 0.25) is 0 Å². The number of amides is 1. The van der Waals surface area contributed by atoms with Crippen molar-refractivity contribution in [3.05, 3.63) is 29.8 Å². The molecule has 3 heterocycles. The predicted molar refractivity (Wildman–Crippen MR) is 99.4 cm³/mol. The molecule has 1 atom stereocenters. The Hall–Kier alpha value is -2.46. The Labute approximate surface area is 157 Å². The third-order valence-electron chi connectivity index (χ3n) is 4.73. The summed E-state index contributed by atoms with van der Waals surface area (Å²) in [5.74, 6) is 1.03. The van der Waals surface area contributed by atoms with Crippen molar-refractivity contribution in [2.75, 3.05) is 42.7 Å². The molecule has 0 radical (unpaired) electrons. The molecule has 1 aromatic carbocycles. The fourth-order valence-corrected chi connectivity index (χ4v) is 4.95. The maximum absolute atomic E-state index is 12.5. The molecule has 4 rings (SSSR count). The summed E-state index contributed by atoms with van der Waals surface area (Å²) in [6, 6.07) is 6.71. The van der Waals surface area contributed by atoms with Gasteiger partial charge in [0.2, 0.25) is 5.95 Å². The van der Waals surface area contributed by atoms with Crippen LogP contribution >= 0.6 is 0 Å². The summed E-state index contributed by atoms with van der Waals surface area (Å²) >= 11 is 0. The molecule has 2 N–H and O–H groups in total. The number of nitrogens with one attached hydrogen (secondary N) is 2. The van der Waals surface area contributed by atoms with Crippen LogP contribution < -0.4 is 10.2 Å². The van der Waals surface area contributed by atoms with Crippen molar-refractivity contribution in [3.63, 3.8) is 0 Å². The zero-order chi connectivity index (χ0) is 18.9. The maximum Gasteiger partial charge on any atom is 0.251 e. The van der Waals surface area contributed by atoms with Crippen LogP contribution in [0.15, 0.2) is 24.3 Å². The van der Waals surface area contributed by atoms with Crippen molar-refractivity contribution < 1.29 is 17.9 Å². The van der Waals surface area contributed by atoms with E-state index < -0.39 is 9.84 Å². The van der Waals surface area contributed by atoms with Gasteiger partial charge in [0.05, 0.1) is 24.7 Å². The Morgan fingerprint density at radius 2 is 2.11 bits per heavy atom. The number of aromatic nitrogens is 3. The second kappa shape index (κ2) is 7.28. The van der Waals surface area contributed by atoms with Crippen LogP contribution in [0, 0.1) is 0 Å². The van der Waals surface area contributed by atoms with Crippen LogP contribution in [0.5, 0.6) is 0 Å². The Bertz CT molecular complexity index is 936. The molecule has 2 aromatic rings. The molecule has 0 saturated carbocycles. The lowest BCUT2D eigenvalue weighted by Crippen LogP contribution is -2.36. The van der Waals surface area contributed by atoms with Gasteiger partial charge in [-0.2, -0.15) is 4.98 Å². The van der Waals surface area contributed by atoms with E-state index in [4.69, 9.17) is 4.74 Å². The van der Waals surface area contributed by atoms with Gasteiger partial charge >= 0.3 is 0 Å². The Morgan fingerprint density at radius 3 is 2.85 bits per heavy atom. The Kier molecular flexibility index (Phi) is 4.83. The molecule has 2 aliphatic rings. The Balaban J connectivity index is 1.47. The SMILES string of the molecule is O=C(NC1CCS(=O)(=O)C1)c1cccc(-c2nc(N3CCOCC3)n[nH]2)c1. The van der Waals surface area contributed by atoms with E-state index in [-0.39, 0.29) is 23.5 Å². The number of benzene rings is 1. The highest BCUT2D eigenvalue weighted by molar-refractivity contribution is 7.91. The largest absolute Gasteiger partial charge is 0.378 e. The minimum Gasteiger partial charge on any atom is -0.378 e. The molecule has 0 bridgehead atoms. The van der Waals surface area contributed by atoms with E-state index in [1.807, 2.05) is 11.0 Å². The molecule has 1 amide bonds. The van der Waals surface area contributed by atoms with Gasteiger partial charge in [0.25, 0.3) is 5.91 Å². The van der Waals surface area contributed by atoms with Crippen molar-refractivity contribution in [2.45, 2.75) is 12.5 Å². The molecular formula is C17H21N5O4S. The first kappa shape index (κ1) is 17.9. The highest BCUT2D eigenvalue weighted by Crippen LogP contribution is 2.20. The number of hydrogen-bond acceptors (Lipinski definition) is 7. The lowest BCUT2D eigenvalue weighted by Gasteiger charge is -2.25. The molecule has 144 valence electrons. The van der Waals surface area contributed by atoms with Crippen LogP contribution in [0.4, 0.5) is 5.95 Å². The monoisotopic (exact) mass is 391 g/mol. The van der Waals surface area contributed by atoms with Gasteiger partial charge < -0.3 is 15.0 Å². The van der Waals surface area contributed by atoms with Gasteiger partial charge in [-0.15, -0.1) is 5.10 Å². The van der Waals surface area contributed by atoms with E-state index in [0.717, 1.165) is 18.7 Å². The molecule has 2 fully saturated rings. The summed E-state index contributed by atoms with van der Waals surface area (Å²) in [7, 11) is -3.03. The van der Waals surface area contributed by atoms with Crippen molar-refractivity contribution in [1.29, 1.82) is 0 Å². The fraction of sp³-hybridized carbons (Fsp3) is 0.471. The molecular weight excluding hydrogens is 370 g/mol. The smallest absolute Gasteiger partial charge is 0.251 e. The molecule has 27 heavy (non-hydrogen) atoms. The number of morpholine rings is 1. The molecule has 0 spiro atoms. The molecule has 9 nitrogen and oxygen atoms in total. The number of ether oxygens (including phenoxy) is 1. The van der Waals surface area contributed by atoms with Crippen LogP contribution in [-0.4, -0.2) is 73.4 Å². The summed E-state index contributed by atoms with van der Waals surface area (Å²) < 4.78 is 28.4. The zero-order valence-corrected chi connectivity index (χ0v) is 15.5. The predicted octanol–water partition coefficient (Wildman–Crippen LogP) is 0.225. The first-order chi connectivity index (χ1) is 13.0. The number of hydrogen-bond donors (Lipinski definition) is 2. The summed E-state index contributed by atoms with van der Waals surface area (Å²) in [5.41, 5.74) is 1.20. The summed E-state index contributed by atoms with van der Waals surface area (Å²) in [5, 5.41) is 9.97. The number of anilines is 1. The van der Waals surface area contributed by atoms with E-state index in [1.165, 1.54) is 0 Å². The lowest BCUT2D eigenvalue weighted by molar-refractivity contribution is 0.0941.